The number of hydrogen-bond acceptors (Lipinski definition) is 0. The average molecular weight is 198 g/mol. The third-order valence-electron chi connectivity index (χ3n) is 3.88. The maximum Gasteiger partial charge on any atom is -0.0354 e. The Labute approximate surface area is 91.5 Å². The van der Waals surface area contributed by atoms with Crippen molar-refractivity contribution in [1.82, 2.24) is 0 Å². The van der Waals surface area contributed by atoms with Gasteiger partial charge in [-0.3, -0.25) is 0 Å². The zero-order valence-corrected chi connectivity index (χ0v) is 10.3. The van der Waals surface area contributed by atoms with Gasteiger partial charge in [0.25, 0.3) is 0 Å². The molecule has 0 spiro atoms. The van der Waals surface area contributed by atoms with Crippen molar-refractivity contribution in [2.24, 2.45) is 22.7 Å². The smallest absolute Gasteiger partial charge is 0.0354 e. The standard InChI is InChI=1S/C13H26.CH4/c1-12(2,3)10-7-8-11(9-10)13(4,5)6;/h10-11H,7-9H2,1-6H3;1H4. The van der Waals surface area contributed by atoms with Crippen molar-refractivity contribution in [2.75, 3.05) is 0 Å². The summed E-state index contributed by atoms with van der Waals surface area (Å²) in [4.78, 5) is 0. The summed E-state index contributed by atoms with van der Waals surface area (Å²) >= 11 is 0. The molecule has 0 saturated heterocycles. The van der Waals surface area contributed by atoms with Gasteiger partial charge in [0.05, 0.1) is 0 Å². The van der Waals surface area contributed by atoms with Crippen LogP contribution in [-0.4, -0.2) is 0 Å². The van der Waals surface area contributed by atoms with Crippen molar-refractivity contribution in [3.63, 3.8) is 0 Å². The predicted octanol–water partition coefficient (Wildman–Crippen LogP) is 5.13. The van der Waals surface area contributed by atoms with Crippen LogP contribution in [0.2, 0.25) is 0 Å². The monoisotopic (exact) mass is 198 g/mol. The van der Waals surface area contributed by atoms with Gasteiger partial charge in [-0.2, -0.15) is 0 Å². The number of hydrogen-bond donors (Lipinski definition) is 0. The van der Waals surface area contributed by atoms with E-state index < -0.39 is 0 Å². The van der Waals surface area contributed by atoms with E-state index in [4.69, 9.17) is 0 Å². The summed E-state index contributed by atoms with van der Waals surface area (Å²) in [5, 5.41) is 0. The van der Waals surface area contributed by atoms with Gasteiger partial charge in [-0.05, 0) is 41.9 Å². The van der Waals surface area contributed by atoms with E-state index >= 15 is 0 Å². The molecule has 14 heavy (non-hydrogen) atoms. The van der Waals surface area contributed by atoms with E-state index in [-0.39, 0.29) is 7.43 Å². The molecule has 1 fully saturated rings. The third kappa shape index (κ3) is 3.29. The van der Waals surface area contributed by atoms with Crippen LogP contribution in [0.4, 0.5) is 0 Å². The summed E-state index contributed by atoms with van der Waals surface area (Å²) in [6.07, 6.45) is 4.35. The molecule has 0 aromatic carbocycles. The van der Waals surface area contributed by atoms with Crippen molar-refractivity contribution in [2.45, 2.75) is 68.2 Å². The second kappa shape index (κ2) is 4.24. The molecule has 0 aromatic rings. The Kier molecular flexibility index (Phi) is 4.24. The Hall–Kier alpha value is 0. The fourth-order valence-electron chi connectivity index (χ4n) is 2.55. The largest absolute Gasteiger partial charge is 0.0776 e. The van der Waals surface area contributed by atoms with E-state index in [0.717, 1.165) is 11.8 Å². The van der Waals surface area contributed by atoms with E-state index in [9.17, 15) is 0 Å². The van der Waals surface area contributed by atoms with E-state index in [1.165, 1.54) is 19.3 Å². The van der Waals surface area contributed by atoms with Crippen LogP contribution >= 0.6 is 0 Å². The Morgan fingerprint density at radius 1 is 0.714 bits per heavy atom. The van der Waals surface area contributed by atoms with Crippen molar-refractivity contribution < 1.29 is 0 Å². The summed E-state index contributed by atoms with van der Waals surface area (Å²) in [5.41, 5.74) is 1.06. The van der Waals surface area contributed by atoms with Crippen molar-refractivity contribution >= 4 is 0 Å². The molecule has 0 radical (unpaired) electrons. The summed E-state index contributed by atoms with van der Waals surface area (Å²) in [5.74, 6) is 1.91. The normalized spacial score (nSPS) is 28.7. The van der Waals surface area contributed by atoms with Crippen LogP contribution in [0.25, 0.3) is 0 Å². The van der Waals surface area contributed by atoms with Gasteiger partial charge in [0.2, 0.25) is 0 Å². The van der Waals surface area contributed by atoms with Crippen LogP contribution < -0.4 is 0 Å². The zero-order chi connectivity index (χ0) is 10.3. The quantitative estimate of drug-likeness (QED) is 0.506. The molecule has 2 unspecified atom stereocenters. The fraction of sp³-hybridized carbons (Fsp3) is 1.00. The topological polar surface area (TPSA) is 0 Å². The van der Waals surface area contributed by atoms with E-state index in [2.05, 4.69) is 41.5 Å². The van der Waals surface area contributed by atoms with Gasteiger partial charge in [-0.25, -0.2) is 0 Å². The Bertz CT molecular complexity index is 145. The highest BCUT2D eigenvalue weighted by Gasteiger charge is 2.37. The van der Waals surface area contributed by atoms with Crippen LogP contribution in [0.15, 0.2) is 0 Å². The van der Waals surface area contributed by atoms with Crippen LogP contribution in [0.3, 0.4) is 0 Å². The van der Waals surface area contributed by atoms with E-state index in [1.54, 1.807) is 0 Å². The first-order valence-electron chi connectivity index (χ1n) is 5.71. The first kappa shape index (κ1) is 14.0. The van der Waals surface area contributed by atoms with Crippen LogP contribution in [0.1, 0.15) is 68.2 Å². The van der Waals surface area contributed by atoms with Gasteiger partial charge < -0.3 is 0 Å². The summed E-state index contributed by atoms with van der Waals surface area (Å²) in [7, 11) is 0. The Balaban J connectivity index is 0.00000169. The predicted molar refractivity (Wildman–Crippen MR) is 66.5 cm³/mol. The van der Waals surface area contributed by atoms with Gasteiger partial charge in [-0.1, -0.05) is 49.0 Å². The fourth-order valence-corrected chi connectivity index (χ4v) is 2.55. The molecule has 0 nitrogen and oxygen atoms in total. The lowest BCUT2D eigenvalue weighted by molar-refractivity contribution is 0.197. The first-order chi connectivity index (χ1) is 5.71. The van der Waals surface area contributed by atoms with Crippen molar-refractivity contribution in [3.05, 3.63) is 0 Å². The molecule has 0 aliphatic heterocycles. The second-order valence-electron chi connectivity index (χ2n) is 6.94. The molecule has 1 aliphatic carbocycles. The maximum absolute atomic E-state index is 2.39. The van der Waals surface area contributed by atoms with E-state index in [1.807, 2.05) is 0 Å². The first-order valence-corrected chi connectivity index (χ1v) is 5.71. The zero-order valence-electron chi connectivity index (χ0n) is 10.3. The van der Waals surface area contributed by atoms with Gasteiger partial charge >= 0.3 is 0 Å². The minimum absolute atomic E-state index is 0. The van der Waals surface area contributed by atoms with Crippen LogP contribution in [0.5, 0.6) is 0 Å². The highest BCUT2D eigenvalue weighted by atomic mass is 14.4. The minimum atomic E-state index is 0. The van der Waals surface area contributed by atoms with Gasteiger partial charge in [0, 0.05) is 0 Å². The molecular weight excluding hydrogens is 168 g/mol. The Morgan fingerprint density at radius 2 is 1.00 bits per heavy atom. The van der Waals surface area contributed by atoms with Crippen molar-refractivity contribution in [3.8, 4) is 0 Å². The third-order valence-corrected chi connectivity index (χ3v) is 3.88. The lowest BCUT2D eigenvalue weighted by atomic mass is 9.75. The summed E-state index contributed by atoms with van der Waals surface area (Å²) in [6.45, 7) is 14.3. The highest BCUT2D eigenvalue weighted by Crippen LogP contribution is 2.47. The highest BCUT2D eigenvalue weighted by molar-refractivity contribution is 4.88. The van der Waals surface area contributed by atoms with Gasteiger partial charge in [0.1, 0.15) is 0 Å². The molecule has 1 aliphatic rings. The molecular formula is C14H30. The molecule has 86 valence electrons. The van der Waals surface area contributed by atoms with E-state index in [0.29, 0.717) is 10.8 Å². The lowest BCUT2D eigenvalue weighted by Crippen LogP contribution is -2.21. The SMILES string of the molecule is C.CC(C)(C)C1CCC(C(C)(C)C)C1. The lowest BCUT2D eigenvalue weighted by Gasteiger charge is -2.30. The molecule has 1 rings (SSSR count). The molecule has 0 amide bonds. The molecule has 1 saturated carbocycles. The van der Waals surface area contributed by atoms with Gasteiger partial charge in [-0.15, -0.1) is 0 Å². The average Bonchev–Trinajstić information content (AvgIpc) is 2.28. The molecule has 0 N–H and O–H groups in total. The molecule has 2 atom stereocenters. The molecule has 0 aromatic heterocycles. The minimum Gasteiger partial charge on any atom is -0.0776 e. The molecule has 0 heteroatoms. The molecule has 0 heterocycles. The number of rotatable bonds is 0. The van der Waals surface area contributed by atoms with Gasteiger partial charge in [0.15, 0.2) is 0 Å². The maximum atomic E-state index is 2.39. The summed E-state index contributed by atoms with van der Waals surface area (Å²) in [6, 6.07) is 0. The van der Waals surface area contributed by atoms with Crippen LogP contribution in [-0.2, 0) is 0 Å². The Morgan fingerprint density at radius 3 is 1.14 bits per heavy atom. The molecule has 0 bridgehead atoms. The van der Waals surface area contributed by atoms with Crippen LogP contribution in [0, 0.1) is 22.7 Å². The summed E-state index contributed by atoms with van der Waals surface area (Å²) < 4.78 is 0. The second-order valence-corrected chi connectivity index (χ2v) is 6.94. The van der Waals surface area contributed by atoms with Crippen molar-refractivity contribution in [1.29, 1.82) is 0 Å².